The summed E-state index contributed by atoms with van der Waals surface area (Å²) in [5.41, 5.74) is 6.33. The Morgan fingerprint density at radius 2 is 2.11 bits per heavy atom. The molecule has 11 heteroatoms. The molecule has 0 aliphatic carbocycles. The Hall–Kier alpha value is -2.79. The number of thioether (sulfide) groups is 2. The summed E-state index contributed by atoms with van der Waals surface area (Å²) in [6.45, 7) is 0. The lowest BCUT2D eigenvalue weighted by Gasteiger charge is -2.11. The molecule has 3 rings (SSSR count). The smallest absolute Gasteiger partial charge is 0.312 e. The number of aliphatic imine (C=N–C) groups is 1. The molecular weight excluding hydrogens is 394 g/mol. The lowest BCUT2D eigenvalue weighted by Crippen LogP contribution is -2.27. The quantitative estimate of drug-likeness (QED) is 0.554. The molecular formula is C16H13N3O6S2. The van der Waals surface area contributed by atoms with Crippen molar-refractivity contribution in [3.05, 3.63) is 28.7 Å². The van der Waals surface area contributed by atoms with Crippen molar-refractivity contribution in [2.75, 3.05) is 7.11 Å². The Morgan fingerprint density at radius 3 is 2.70 bits per heavy atom. The van der Waals surface area contributed by atoms with E-state index in [9.17, 15) is 19.2 Å². The molecule has 1 aromatic carbocycles. The fourth-order valence-electron chi connectivity index (χ4n) is 2.28. The van der Waals surface area contributed by atoms with Crippen LogP contribution in [0.3, 0.4) is 0 Å². The molecule has 9 nitrogen and oxygen atoms in total. The SMILES string of the molecule is COc1cc(C=C2SC(=O)N=C2N)ccc1OC(=O)CC1SC(=O)NC1=O. The number of esters is 1. The summed E-state index contributed by atoms with van der Waals surface area (Å²) in [6.07, 6.45) is 1.41. The van der Waals surface area contributed by atoms with Crippen molar-refractivity contribution < 1.29 is 28.7 Å². The average Bonchev–Trinajstić information content (AvgIpc) is 3.09. The van der Waals surface area contributed by atoms with Crippen molar-refractivity contribution >= 4 is 57.8 Å². The molecule has 0 radical (unpaired) electrons. The molecule has 3 N–H and O–H groups in total. The van der Waals surface area contributed by atoms with Gasteiger partial charge in [-0.15, -0.1) is 0 Å². The Kier molecular flexibility index (Phi) is 5.51. The first kappa shape index (κ1) is 19.0. The summed E-state index contributed by atoms with van der Waals surface area (Å²) in [5.74, 6) is -0.603. The van der Waals surface area contributed by atoms with E-state index >= 15 is 0 Å². The first-order valence-electron chi connectivity index (χ1n) is 7.54. The summed E-state index contributed by atoms with van der Waals surface area (Å²) in [7, 11) is 1.41. The van der Waals surface area contributed by atoms with Gasteiger partial charge in [-0.1, -0.05) is 17.8 Å². The zero-order chi connectivity index (χ0) is 19.6. The van der Waals surface area contributed by atoms with Gasteiger partial charge in [0.25, 0.3) is 5.24 Å². The molecule has 1 fully saturated rings. The summed E-state index contributed by atoms with van der Waals surface area (Å²) < 4.78 is 10.5. The van der Waals surface area contributed by atoms with Crippen LogP contribution in [-0.2, 0) is 9.59 Å². The van der Waals surface area contributed by atoms with Gasteiger partial charge in [0.15, 0.2) is 11.5 Å². The van der Waals surface area contributed by atoms with Gasteiger partial charge in [0.2, 0.25) is 5.91 Å². The molecule has 2 aliphatic rings. The lowest BCUT2D eigenvalue weighted by atomic mass is 10.2. The number of methoxy groups -OCH3 is 1. The highest BCUT2D eigenvalue weighted by Gasteiger charge is 2.34. The fourth-order valence-corrected chi connectivity index (χ4v) is 3.76. The number of nitrogens with two attached hydrogens (primary N) is 1. The first-order valence-corrected chi connectivity index (χ1v) is 9.23. The van der Waals surface area contributed by atoms with E-state index in [1.54, 1.807) is 18.2 Å². The number of carbonyl (C=O) groups excluding carboxylic acids is 4. The third-order valence-electron chi connectivity index (χ3n) is 3.49. The Balaban J connectivity index is 1.71. The number of hydrogen-bond donors (Lipinski definition) is 2. The van der Waals surface area contributed by atoms with Crippen molar-refractivity contribution in [2.24, 2.45) is 10.7 Å². The maximum absolute atomic E-state index is 12.1. The minimum Gasteiger partial charge on any atom is -0.493 e. The van der Waals surface area contributed by atoms with Crippen LogP contribution in [0.25, 0.3) is 6.08 Å². The molecule has 0 bridgehead atoms. The average molecular weight is 407 g/mol. The molecule has 1 saturated heterocycles. The standard InChI is InChI=1S/C16H13N3O6S2/c1-24-9-4-7(5-10-13(17)18-15(22)26-10)2-3-8(9)25-12(20)6-11-14(21)19-16(23)27-11/h2-5,11H,6H2,1H3,(H2,17,18,22)(H,19,21,23). The zero-order valence-electron chi connectivity index (χ0n) is 13.9. The van der Waals surface area contributed by atoms with Crippen molar-refractivity contribution in [3.63, 3.8) is 0 Å². The second-order valence-electron chi connectivity index (χ2n) is 5.35. The summed E-state index contributed by atoms with van der Waals surface area (Å²) in [4.78, 5) is 50.1. The number of ether oxygens (including phenoxy) is 2. The van der Waals surface area contributed by atoms with Crippen LogP contribution in [0.4, 0.5) is 9.59 Å². The van der Waals surface area contributed by atoms with Gasteiger partial charge in [0.1, 0.15) is 11.1 Å². The third kappa shape index (κ3) is 4.49. The number of nitrogens with zero attached hydrogens (tertiary/aromatic N) is 1. The van der Waals surface area contributed by atoms with E-state index in [1.165, 1.54) is 13.2 Å². The molecule has 140 valence electrons. The lowest BCUT2D eigenvalue weighted by molar-refractivity contribution is -0.136. The van der Waals surface area contributed by atoms with E-state index in [1.807, 2.05) is 0 Å². The van der Waals surface area contributed by atoms with Gasteiger partial charge >= 0.3 is 11.2 Å². The van der Waals surface area contributed by atoms with Crippen LogP contribution in [0.1, 0.15) is 12.0 Å². The summed E-state index contributed by atoms with van der Waals surface area (Å²) in [6, 6.07) is 4.77. The highest BCUT2D eigenvalue weighted by molar-refractivity contribution is 8.18. The second-order valence-corrected chi connectivity index (χ2v) is 7.51. The highest BCUT2D eigenvalue weighted by atomic mass is 32.2. The predicted molar refractivity (Wildman–Crippen MR) is 101 cm³/mol. The maximum atomic E-state index is 12.1. The molecule has 0 saturated carbocycles. The number of carbonyl (C=O) groups is 4. The number of amidine groups is 1. The third-order valence-corrected chi connectivity index (χ3v) is 5.28. The largest absolute Gasteiger partial charge is 0.493 e. The summed E-state index contributed by atoms with van der Waals surface area (Å²) in [5, 5.41) is 0.428. The summed E-state index contributed by atoms with van der Waals surface area (Å²) >= 11 is 1.67. The molecule has 2 heterocycles. The van der Waals surface area contributed by atoms with Gasteiger partial charge < -0.3 is 15.2 Å². The van der Waals surface area contributed by atoms with Crippen molar-refractivity contribution in [3.8, 4) is 11.5 Å². The minimum absolute atomic E-state index is 0.140. The Labute approximate surface area is 161 Å². The van der Waals surface area contributed by atoms with Crippen molar-refractivity contribution in [2.45, 2.75) is 11.7 Å². The van der Waals surface area contributed by atoms with Crippen LogP contribution in [0, 0.1) is 0 Å². The van der Waals surface area contributed by atoms with E-state index in [0.717, 1.165) is 23.5 Å². The van der Waals surface area contributed by atoms with Gasteiger partial charge in [-0.2, -0.15) is 4.99 Å². The van der Waals surface area contributed by atoms with Gasteiger partial charge in [-0.3, -0.25) is 24.5 Å². The molecule has 1 aromatic rings. The van der Waals surface area contributed by atoms with E-state index < -0.39 is 22.4 Å². The number of rotatable bonds is 5. The van der Waals surface area contributed by atoms with Crippen LogP contribution in [0.15, 0.2) is 28.1 Å². The van der Waals surface area contributed by atoms with Gasteiger partial charge in [-0.05, 0) is 35.5 Å². The number of hydrogen-bond acceptors (Lipinski definition) is 9. The monoisotopic (exact) mass is 407 g/mol. The van der Waals surface area contributed by atoms with Crippen LogP contribution >= 0.6 is 23.5 Å². The van der Waals surface area contributed by atoms with Gasteiger partial charge in [0, 0.05) is 0 Å². The zero-order valence-corrected chi connectivity index (χ0v) is 15.5. The minimum atomic E-state index is -0.806. The molecule has 1 unspecified atom stereocenters. The van der Waals surface area contributed by atoms with E-state index in [-0.39, 0.29) is 29.0 Å². The van der Waals surface area contributed by atoms with Crippen molar-refractivity contribution in [1.82, 2.24) is 5.32 Å². The first-order chi connectivity index (χ1) is 12.9. The van der Waals surface area contributed by atoms with E-state index in [2.05, 4.69) is 10.3 Å². The predicted octanol–water partition coefficient (Wildman–Crippen LogP) is 1.91. The highest BCUT2D eigenvalue weighted by Crippen LogP contribution is 2.32. The van der Waals surface area contributed by atoms with E-state index in [4.69, 9.17) is 15.2 Å². The Morgan fingerprint density at radius 1 is 1.33 bits per heavy atom. The molecule has 2 aliphatic heterocycles. The fraction of sp³-hybridized carbons (Fsp3) is 0.188. The number of benzene rings is 1. The molecule has 1 atom stereocenters. The number of imide groups is 1. The number of nitrogens with one attached hydrogen (secondary N) is 1. The molecule has 3 amide bonds. The van der Waals surface area contributed by atoms with Crippen LogP contribution in [0.2, 0.25) is 0 Å². The molecule has 0 spiro atoms. The van der Waals surface area contributed by atoms with Gasteiger partial charge in [0.05, 0.1) is 18.4 Å². The van der Waals surface area contributed by atoms with Crippen LogP contribution < -0.4 is 20.5 Å². The topological polar surface area (TPSA) is 137 Å². The van der Waals surface area contributed by atoms with E-state index in [0.29, 0.717) is 10.5 Å². The number of amides is 3. The van der Waals surface area contributed by atoms with Crippen molar-refractivity contribution in [1.29, 1.82) is 0 Å². The second kappa shape index (κ2) is 7.84. The normalized spacial score (nSPS) is 20.6. The maximum Gasteiger partial charge on any atom is 0.312 e. The van der Waals surface area contributed by atoms with Crippen LogP contribution in [-0.4, -0.2) is 40.6 Å². The van der Waals surface area contributed by atoms with Crippen LogP contribution in [0.5, 0.6) is 11.5 Å². The van der Waals surface area contributed by atoms with Gasteiger partial charge in [-0.25, -0.2) is 0 Å². The molecule has 0 aromatic heterocycles. The Bertz CT molecular complexity index is 911. The molecule has 27 heavy (non-hydrogen) atoms.